The molecule has 0 aromatic heterocycles. The van der Waals surface area contributed by atoms with E-state index in [0.29, 0.717) is 11.4 Å². The van der Waals surface area contributed by atoms with Crippen molar-refractivity contribution >= 4 is 23.2 Å². The second kappa shape index (κ2) is 7.22. The molecule has 1 aromatic carbocycles. The van der Waals surface area contributed by atoms with Gasteiger partial charge in [-0.15, -0.1) is 0 Å². The molecule has 1 atom stereocenters. The molecule has 1 aromatic rings. The van der Waals surface area contributed by atoms with Crippen LogP contribution in [0, 0.1) is 5.92 Å². The van der Waals surface area contributed by atoms with E-state index in [1.807, 2.05) is 32.0 Å². The molecule has 0 bridgehead atoms. The van der Waals surface area contributed by atoms with Crippen molar-refractivity contribution in [1.82, 2.24) is 5.32 Å². The summed E-state index contributed by atoms with van der Waals surface area (Å²) >= 11 is 0. The first-order valence-corrected chi connectivity index (χ1v) is 7.51. The van der Waals surface area contributed by atoms with Crippen molar-refractivity contribution in [3.8, 4) is 0 Å². The lowest BCUT2D eigenvalue weighted by atomic mass is 10.0. The minimum atomic E-state index is -0.118. The summed E-state index contributed by atoms with van der Waals surface area (Å²) < 4.78 is 0. The quantitative estimate of drug-likeness (QED) is 0.797. The molecule has 1 aliphatic heterocycles. The number of carbonyl (C=O) groups excluding carboxylic acids is 2. The van der Waals surface area contributed by atoms with Crippen LogP contribution >= 0.6 is 0 Å². The predicted octanol–water partition coefficient (Wildman–Crippen LogP) is 2.36. The lowest BCUT2D eigenvalue weighted by molar-refractivity contribution is -0.119. The third kappa shape index (κ3) is 4.56. The number of carbonyl (C=O) groups is 2. The third-order valence-electron chi connectivity index (χ3n) is 3.55. The number of hydrogen-bond acceptors (Lipinski definition) is 3. The minimum Gasteiger partial charge on any atom is -0.326 e. The van der Waals surface area contributed by atoms with Gasteiger partial charge in [-0.1, -0.05) is 26.3 Å². The maximum absolute atomic E-state index is 12.1. The van der Waals surface area contributed by atoms with Crippen molar-refractivity contribution in [1.29, 1.82) is 0 Å². The van der Waals surface area contributed by atoms with E-state index in [-0.39, 0.29) is 23.8 Å². The Morgan fingerprint density at radius 2 is 1.90 bits per heavy atom. The zero-order valence-electron chi connectivity index (χ0n) is 12.6. The van der Waals surface area contributed by atoms with Gasteiger partial charge in [-0.25, -0.2) is 0 Å². The van der Waals surface area contributed by atoms with Gasteiger partial charge in [-0.3, -0.25) is 9.59 Å². The molecule has 3 N–H and O–H groups in total. The van der Waals surface area contributed by atoms with Crippen molar-refractivity contribution in [3.05, 3.63) is 24.3 Å². The Morgan fingerprint density at radius 3 is 2.52 bits per heavy atom. The average Bonchev–Trinajstić information content (AvgIpc) is 2.48. The fourth-order valence-electron chi connectivity index (χ4n) is 2.27. The third-order valence-corrected chi connectivity index (χ3v) is 3.55. The molecule has 1 heterocycles. The second-order valence-corrected chi connectivity index (χ2v) is 5.72. The highest BCUT2D eigenvalue weighted by Crippen LogP contribution is 2.17. The van der Waals surface area contributed by atoms with E-state index in [0.717, 1.165) is 25.8 Å². The molecule has 0 spiro atoms. The number of rotatable bonds is 4. The Labute approximate surface area is 125 Å². The highest BCUT2D eigenvalue weighted by molar-refractivity contribution is 5.96. The van der Waals surface area contributed by atoms with Crippen LogP contribution in [-0.4, -0.2) is 24.4 Å². The smallest absolute Gasteiger partial charge is 0.241 e. The molecule has 0 aliphatic carbocycles. The van der Waals surface area contributed by atoms with E-state index >= 15 is 0 Å². The molecule has 0 saturated carbocycles. The summed E-state index contributed by atoms with van der Waals surface area (Å²) in [4.78, 5) is 23.8. The van der Waals surface area contributed by atoms with Gasteiger partial charge in [0.2, 0.25) is 11.8 Å². The molecule has 2 amide bonds. The topological polar surface area (TPSA) is 70.2 Å². The van der Waals surface area contributed by atoms with Crippen LogP contribution in [0.1, 0.15) is 33.1 Å². The molecule has 5 heteroatoms. The lowest BCUT2D eigenvalue weighted by Gasteiger charge is -2.22. The Bertz CT molecular complexity index is 508. The molecule has 5 nitrogen and oxygen atoms in total. The van der Waals surface area contributed by atoms with Crippen LogP contribution in [0.25, 0.3) is 0 Å². The van der Waals surface area contributed by atoms with Crippen LogP contribution in [0.2, 0.25) is 0 Å². The summed E-state index contributed by atoms with van der Waals surface area (Å²) in [5.41, 5.74) is 1.40. The van der Waals surface area contributed by atoms with Gasteiger partial charge in [0.25, 0.3) is 0 Å². The van der Waals surface area contributed by atoms with Gasteiger partial charge in [0.1, 0.15) is 0 Å². The van der Waals surface area contributed by atoms with Crippen molar-refractivity contribution in [2.45, 2.75) is 39.2 Å². The summed E-state index contributed by atoms with van der Waals surface area (Å²) in [6.45, 7) is 4.58. The maximum Gasteiger partial charge on any atom is 0.241 e. The summed E-state index contributed by atoms with van der Waals surface area (Å²) in [5.74, 6) is -0.121. The van der Waals surface area contributed by atoms with Gasteiger partial charge < -0.3 is 16.0 Å². The first-order chi connectivity index (χ1) is 10.1. The SMILES string of the molecule is CC(C)C(=O)Nc1cccc(NC(=O)[C@H]2CCCCN2)c1. The molecule has 1 fully saturated rings. The number of nitrogens with one attached hydrogen (secondary N) is 3. The van der Waals surface area contributed by atoms with Gasteiger partial charge in [0.15, 0.2) is 0 Å². The molecular weight excluding hydrogens is 266 g/mol. The van der Waals surface area contributed by atoms with Crippen molar-refractivity contribution in [2.24, 2.45) is 5.92 Å². The summed E-state index contributed by atoms with van der Waals surface area (Å²) in [5, 5.41) is 8.95. The Morgan fingerprint density at radius 1 is 1.19 bits per heavy atom. The van der Waals surface area contributed by atoms with E-state index < -0.39 is 0 Å². The Hall–Kier alpha value is -1.88. The predicted molar refractivity (Wildman–Crippen MR) is 84.2 cm³/mol. The van der Waals surface area contributed by atoms with Crippen LogP contribution in [0.4, 0.5) is 11.4 Å². The van der Waals surface area contributed by atoms with Gasteiger partial charge in [-0.2, -0.15) is 0 Å². The van der Waals surface area contributed by atoms with E-state index in [2.05, 4.69) is 16.0 Å². The molecule has 1 aliphatic rings. The van der Waals surface area contributed by atoms with Crippen LogP contribution in [0.5, 0.6) is 0 Å². The number of benzene rings is 1. The van der Waals surface area contributed by atoms with Crippen molar-refractivity contribution in [3.63, 3.8) is 0 Å². The Balaban J connectivity index is 1.97. The van der Waals surface area contributed by atoms with E-state index in [1.165, 1.54) is 0 Å². The van der Waals surface area contributed by atoms with Gasteiger partial charge in [-0.05, 0) is 37.6 Å². The monoisotopic (exact) mass is 289 g/mol. The van der Waals surface area contributed by atoms with E-state index in [4.69, 9.17) is 0 Å². The largest absolute Gasteiger partial charge is 0.326 e. The van der Waals surface area contributed by atoms with Gasteiger partial charge in [0, 0.05) is 17.3 Å². The Kier molecular flexibility index (Phi) is 5.33. The van der Waals surface area contributed by atoms with E-state index in [1.54, 1.807) is 6.07 Å². The number of amides is 2. The summed E-state index contributed by atoms with van der Waals surface area (Å²) in [6.07, 6.45) is 3.08. The number of hydrogen-bond donors (Lipinski definition) is 3. The molecule has 0 unspecified atom stereocenters. The molecule has 0 radical (unpaired) electrons. The minimum absolute atomic E-state index is 0.0120. The standard InChI is InChI=1S/C16H23N3O2/c1-11(2)15(20)18-12-6-5-7-13(10-12)19-16(21)14-8-3-4-9-17-14/h5-7,10-11,14,17H,3-4,8-9H2,1-2H3,(H,18,20)(H,19,21)/t14-/m1/s1. The zero-order chi connectivity index (χ0) is 15.2. The molecular formula is C16H23N3O2. The highest BCUT2D eigenvalue weighted by atomic mass is 16.2. The van der Waals surface area contributed by atoms with Crippen molar-refractivity contribution in [2.75, 3.05) is 17.2 Å². The maximum atomic E-state index is 12.1. The number of piperidine rings is 1. The second-order valence-electron chi connectivity index (χ2n) is 5.72. The molecule has 2 rings (SSSR count). The first-order valence-electron chi connectivity index (χ1n) is 7.51. The summed E-state index contributed by atoms with van der Waals surface area (Å²) in [6, 6.07) is 7.12. The van der Waals surface area contributed by atoms with Crippen LogP contribution < -0.4 is 16.0 Å². The van der Waals surface area contributed by atoms with Crippen molar-refractivity contribution < 1.29 is 9.59 Å². The fourth-order valence-corrected chi connectivity index (χ4v) is 2.27. The van der Waals surface area contributed by atoms with Crippen LogP contribution in [0.3, 0.4) is 0 Å². The molecule has 114 valence electrons. The zero-order valence-corrected chi connectivity index (χ0v) is 12.6. The van der Waals surface area contributed by atoms with Crippen LogP contribution in [-0.2, 0) is 9.59 Å². The average molecular weight is 289 g/mol. The first kappa shape index (κ1) is 15.5. The van der Waals surface area contributed by atoms with Crippen LogP contribution in [0.15, 0.2) is 24.3 Å². The number of anilines is 2. The highest BCUT2D eigenvalue weighted by Gasteiger charge is 2.20. The normalized spacial score (nSPS) is 18.3. The lowest BCUT2D eigenvalue weighted by Crippen LogP contribution is -2.43. The molecule has 1 saturated heterocycles. The molecule has 21 heavy (non-hydrogen) atoms. The summed E-state index contributed by atoms with van der Waals surface area (Å²) in [7, 11) is 0. The fraction of sp³-hybridized carbons (Fsp3) is 0.500. The van der Waals surface area contributed by atoms with Gasteiger partial charge >= 0.3 is 0 Å². The van der Waals surface area contributed by atoms with Gasteiger partial charge in [0.05, 0.1) is 6.04 Å². The van der Waals surface area contributed by atoms with E-state index in [9.17, 15) is 9.59 Å².